The van der Waals surface area contributed by atoms with E-state index in [-0.39, 0.29) is 36.2 Å². The number of hydrogen-bond donors (Lipinski definition) is 1. The zero-order chi connectivity index (χ0) is 30.7. The second kappa shape index (κ2) is 12.7. The van der Waals surface area contributed by atoms with Crippen LogP contribution < -0.4 is 4.74 Å². The third-order valence-corrected chi connectivity index (χ3v) is 7.99. The van der Waals surface area contributed by atoms with Crippen LogP contribution in [0.5, 0.6) is 5.75 Å². The maximum atomic E-state index is 15.6. The summed E-state index contributed by atoms with van der Waals surface area (Å²) in [5.41, 5.74) is -2.89. The van der Waals surface area contributed by atoms with Gasteiger partial charge >= 0.3 is 12.4 Å². The van der Waals surface area contributed by atoms with Crippen molar-refractivity contribution in [1.82, 2.24) is 9.88 Å². The Labute approximate surface area is 243 Å². The van der Waals surface area contributed by atoms with Crippen LogP contribution in [0.4, 0.5) is 30.7 Å². The molecule has 0 bridgehead atoms. The Balaban J connectivity index is 1.40. The minimum atomic E-state index is -4.94. The van der Waals surface area contributed by atoms with E-state index < -0.39 is 35.1 Å². The number of halogens is 8. The van der Waals surface area contributed by atoms with Crippen LogP contribution in [0, 0.1) is 17.3 Å². The average molecular weight is 617 g/mol. The van der Waals surface area contributed by atoms with Crippen molar-refractivity contribution >= 4 is 22.5 Å². The van der Waals surface area contributed by atoms with Gasteiger partial charge in [-0.1, -0.05) is 23.4 Å². The zero-order valence-corrected chi connectivity index (χ0v) is 23.3. The molecule has 1 aliphatic rings. The lowest BCUT2D eigenvalue weighted by atomic mass is 9.74. The second-order valence-electron chi connectivity index (χ2n) is 10.4. The number of aromatic nitrogens is 1. The number of nitrogens with zero attached hydrogens (tertiary/aromatic N) is 2. The van der Waals surface area contributed by atoms with E-state index in [4.69, 9.17) is 16.3 Å². The molecule has 0 aliphatic carbocycles. The topological polar surface area (TPSA) is 45.6 Å². The molecular formula is C30H28ClF7N2O2. The Bertz CT molecular complexity index is 1440. The highest BCUT2D eigenvalue weighted by molar-refractivity contribution is 6.32. The van der Waals surface area contributed by atoms with Gasteiger partial charge < -0.3 is 9.84 Å². The van der Waals surface area contributed by atoms with E-state index in [1.54, 1.807) is 18.2 Å². The Morgan fingerprint density at radius 2 is 1.69 bits per heavy atom. The van der Waals surface area contributed by atoms with Crippen LogP contribution in [0.25, 0.3) is 10.9 Å². The van der Waals surface area contributed by atoms with E-state index in [1.807, 2.05) is 4.90 Å². The molecule has 0 saturated carbocycles. The predicted octanol–water partition coefficient (Wildman–Crippen LogP) is 7.85. The Kier molecular flexibility index (Phi) is 9.60. The summed E-state index contributed by atoms with van der Waals surface area (Å²) < 4.78 is 99.5. The molecule has 1 atom stereocenters. The number of benzene rings is 2. The van der Waals surface area contributed by atoms with Crippen LogP contribution in [0.2, 0.25) is 5.02 Å². The monoisotopic (exact) mass is 616 g/mol. The van der Waals surface area contributed by atoms with Gasteiger partial charge in [0.15, 0.2) is 0 Å². The summed E-state index contributed by atoms with van der Waals surface area (Å²) in [7, 11) is 1.50. The fourth-order valence-corrected chi connectivity index (χ4v) is 5.41. The predicted molar refractivity (Wildman–Crippen MR) is 145 cm³/mol. The molecule has 1 unspecified atom stereocenters. The number of methoxy groups -OCH3 is 1. The van der Waals surface area contributed by atoms with Crippen molar-refractivity contribution in [3.8, 4) is 17.6 Å². The summed E-state index contributed by atoms with van der Waals surface area (Å²) in [4.78, 5) is 6.14. The van der Waals surface area contributed by atoms with E-state index >= 15 is 4.39 Å². The van der Waals surface area contributed by atoms with Gasteiger partial charge in [0.1, 0.15) is 11.9 Å². The maximum absolute atomic E-state index is 15.6. The molecule has 4 rings (SSSR count). The van der Waals surface area contributed by atoms with Crippen LogP contribution in [0.3, 0.4) is 0 Å². The molecular weight excluding hydrogens is 589 g/mol. The molecule has 1 fully saturated rings. The van der Waals surface area contributed by atoms with Gasteiger partial charge in [0, 0.05) is 29.3 Å². The van der Waals surface area contributed by atoms with Crippen molar-refractivity contribution in [2.24, 2.45) is 5.41 Å². The van der Waals surface area contributed by atoms with Crippen LogP contribution in [-0.4, -0.2) is 48.3 Å². The van der Waals surface area contributed by atoms with Gasteiger partial charge in [-0.15, -0.1) is 0 Å². The van der Waals surface area contributed by atoms with Gasteiger partial charge in [0.25, 0.3) is 0 Å². The normalized spacial score (nSPS) is 16.6. The Hall–Kier alpha value is -3.07. The molecule has 42 heavy (non-hydrogen) atoms. The first-order valence-electron chi connectivity index (χ1n) is 13.1. The minimum absolute atomic E-state index is 0.0637. The smallest absolute Gasteiger partial charge is 0.416 e. The van der Waals surface area contributed by atoms with Crippen molar-refractivity contribution in [3.05, 3.63) is 69.9 Å². The number of likely N-dealkylation sites (tertiary alicyclic amines) is 1. The largest absolute Gasteiger partial charge is 0.497 e. The number of rotatable bonds is 7. The fraction of sp³-hybridized carbons (Fsp3) is 0.433. The number of piperidine rings is 1. The van der Waals surface area contributed by atoms with Gasteiger partial charge in [-0.2, -0.15) is 26.3 Å². The fourth-order valence-electron chi connectivity index (χ4n) is 5.14. The summed E-state index contributed by atoms with van der Waals surface area (Å²) in [6.45, 7) is 0.894. The third kappa shape index (κ3) is 7.46. The molecule has 1 N–H and O–H groups in total. The van der Waals surface area contributed by atoms with Crippen LogP contribution in [0.1, 0.15) is 54.1 Å². The number of aliphatic hydroxyl groups is 1. The summed E-state index contributed by atoms with van der Waals surface area (Å²) in [5.74, 6) is 5.63. The molecule has 1 aliphatic heterocycles. The highest BCUT2D eigenvalue weighted by Gasteiger charge is 2.37. The van der Waals surface area contributed by atoms with Crippen molar-refractivity contribution in [3.63, 3.8) is 0 Å². The van der Waals surface area contributed by atoms with Crippen LogP contribution in [-0.2, 0) is 12.4 Å². The molecule has 12 heteroatoms. The summed E-state index contributed by atoms with van der Waals surface area (Å²) in [5, 5.41) is 10.9. The SMILES string of the molecule is COc1ccc2ncc(Cl)c(C(F)CCC3(CO)CCN(CC#Cc4cc(C(F)(F)F)cc(C(F)(F)F)c4)CC3)c2c1. The molecule has 0 spiro atoms. The average Bonchev–Trinajstić information content (AvgIpc) is 2.95. The molecule has 0 amide bonds. The number of aliphatic hydroxyl groups excluding tert-OH is 1. The van der Waals surface area contributed by atoms with E-state index in [2.05, 4.69) is 16.8 Å². The number of fused-ring (bicyclic) bond motifs is 1. The summed E-state index contributed by atoms with van der Waals surface area (Å²) in [6.07, 6.45) is -8.40. The second-order valence-corrected chi connectivity index (χ2v) is 10.8. The van der Waals surface area contributed by atoms with Crippen molar-refractivity contribution in [2.45, 2.75) is 44.2 Å². The third-order valence-electron chi connectivity index (χ3n) is 7.68. The first-order chi connectivity index (χ1) is 19.7. The van der Waals surface area contributed by atoms with Crippen LogP contribution in [0.15, 0.2) is 42.6 Å². The van der Waals surface area contributed by atoms with Crippen molar-refractivity contribution < 1.29 is 40.6 Å². The number of pyridine rings is 1. The molecule has 226 valence electrons. The molecule has 2 aromatic carbocycles. The lowest BCUT2D eigenvalue weighted by Crippen LogP contribution is -2.42. The first kappa shape index (κ1) is 31.9. The van der Waals surface area contributed by atoms with Gasteiger partial charge in [0.05, 0.1) is 35.3 Å². The molecule has 0 radical (unpaired) electrons. The Morgan fingerprint density at radius 3 is 2.26 bits per heavy atom. The zero-order valence-electron chi connectivity index (χ0n) is 22.5. The molecule has 2 heterocycles. The minimum Gasteiger partial charge on any atom is -0.497 e. The summed E-state index contributed by atoms with van der Waals surface area (Å²) in [6, 6.07) is 6.37. The standard InChI is InChI=1S/C30H28ClF7N2O2/c1-42-22-4-5-26-23(16-22)27(24(31)17-39-26)25(32)6-7-28(18-41)8-11-40(12-9-28)10-2-3-19-13-20(29(33,34)35)15-21(14-19)30(36,37)38/h4-5,13-17,25,41H,6-12,18H2,1H3. The van der Waals surface area contributed by atoms with E-state index in [0.29, 0.717) is 66.7 Å². The van der Waals surface area contributed by atoms with E-state index in [1.165, 1.54) is 13.3 Å². The van der Waals surface area contributed by atoms with Gasteiger partial charge in [-0.3, -0.25) is 9.88 Å². The van der Waals surface area contributed by atoms with E-state index in [9.17, 15) is 31.4 Å². The molecule has 1 saturated heterocycles. The molecule has 3 aromatic rings. The Morgan fingerprint density at radius 1 is 1.05 bits per heavy atom. The van der Waals surface area contributed by atoms with Gasteiger partial charge in [-0.05, 0) is 80.6 Å². The molecule has 1 aromatic heterocycles. The first-order valence-corrected chi connectivity index (χ1v) is 13.5. The van der Waals surface area contributed by atoms with Crippen LogP contribution >= 0.6 is 11.6 Å². The number of alkyl halides is 7. The maximum Gasteiger partial charge on any atom is 0.416 e. The number of ether oxygens (including phenoxy) is 1. The molecule has 4 nitrogen and oxygen atoms in total. The van der Waals surface area contributed by atoms with Gasteiger partial charge in [0.2, 0.25) is 0 Å². The van der Waals surface area contributed by atoms with Crippen molar-refractivity contribution in [2.75, 3.05) is 33.4 Å². The van der Waals surface area contributed by atoms with Crippen molar-refractivity contribution in [1.29, 1.82) is 0 Å². The van der Waals surface area contributed by atoms with E-state index in [0.717, 1.165) is 0 Å². The number of hydrogen-bond acceptors (Lipinski definition) is 4. The highest BCUT2D eigenvalue weighted by atomic mass is 35.5. The van der Waals surface area contributed by atoms with Gasteiger partial charge in [-0.25, -0.2) is 4.39 Å². The summed E-state index contributed by atoms with van der Waals surface area (Å²) >= 11 is 6.33. The quantitative estimate of drug-likeness (QED) is 0.217. The lowest BCUT2D eigenvalue weighted by molar-refractivity contribution is -0.143. The lowest BCUT2D eigenvalue weighted by Gasteiger charge is -2.40. The highest BCUT2D eigenvalue weighted by Crippen LogP contribution is 2.42.